The third-order valence-electron chi connectivity index (χ3n) is 3.68. The summed E-state index contributed by atoms with van der Waals surface area (Å²) in [6.07, 6.45) is -0.161. The van der Waals surface area contributed by atoms with Gasteiger partial charge in [0.05, 0.1) is 26.4 Å². The van der Waals surface area contributed by atoms with Gasteiger partial charge in [-0.3, -0.25) is 0 Å². The summed E-state index contributed by atoms with van der Waals surface area (Å²) in [5.41, 5.74) is 0. The van der Waals surface area contributed by atoms with E-state index in [9.17, 15) is 0 Å². The van der Waals surface area contributed by atoms with E-state index in [2.05, 4.69) is 33.9 Å². The maximum atomic E-state index is 8.91. The first-order chi connectivity index (χ1) is 7.76. The fraction of sp³-hybridized carbons (Fsp3) is 1.00. The number of ether oxygens (including phenoxy) is 2. The van der Waals surface area contributed by atoms with Gasteiger partial charge in [0.2, 0.25) is 0 Å². The van der Waals surface area contributed by atoms with Crippen molar-refractivity contribution in [3.05, 3.63) is 0 Å². The summed E-state index contributed by atoms with van der Waals surface area (Å²) in [6, 6.07) is 0. The first-order valence-corrected chi connectivity index (χ1v) is 9.15. The van der Waals surface area contributed by atoms with Crippen molar-refractivity contribution < 1.29 is 19.0 Å². The Labute approximate surface area is 105 Å². The molecule has 1 saturated heterocycles. The Morgan fingerprint density at radius 1 is 1.18 bits per heavy atom. The SMILES string of the molecule is CC(C)(C)[Si](C)(C)OCC1COC(CO)CO1. The van der Waals surface area contributed by atoms with E-state index in [1.807, 2.05) is 0 Å². The summed E-state index contributed by atoms with van der Waals surface area (Å²) in [7, 11) is -1.70. The molecule has 0 saturated carbocycles. The standard InChI is InChI=1S/C12H26O4Si/c1-12(2,3)17(4,5)16-9-11-8-14-10(6-13)7-15-11/h10-11,13H,6-9H2,1-5H3. The van der Waals surface area contributed by atoms with Crippen LogP contribution >= 0.6 is 0 Å². The van der Waals surface area contributed by atoms with Crippen molar-refractivity contribution >= 4 is 8.32 Å². The van der Waals surface area contributed by atoms with Crippen molar-refractivity contribution in [1.82, 2.24) is 0 Å². The highest BCUT2D eigenvalue weighted by molar-refractivity contribution is 6.74. The lowest BCUT2D eigenvalue weighted by molar-refractivity contribution is -0.153. The largest absolute Gasteiger partial charge is 0.414 e. The van der Waals surface area contributed by atoms with Gasteiger partial charge in [-0.15, -0.1) is 0 Å². The molecule has 17 heavy (non-hydrogen) atoms. The lowest BCUT2D eigenvalue weighted by Crippen LogP contribution is -2.46. The Hall–Kier alpha value is 0.0569. The monoisotopic (exact) mass is 262 g/mol. The lowest BCUT2D eigenvalue weighted by Gasteiger charge is -2.38. The predicted octanol–water partition coefficient (Wildman–Crippen LogP) is 1.78. The van der Waals surface area contributed by atoms with Gasteiger partial charge in [0.25, 0.3) is 0 Å². The normalized spacial score (nSPS) is 27.2. The number of hydrogen-bond acceptors (Lipinski definition) is 4. The van der Waals surface area contributed by atoms with Crippen molar-refractivity contribution in [2.24, 2.45) is 0 Å². The van der Waals surface area contributed by atoms with Crippen molar-refractivity contribution in [3.63, 3.8) is 0 Å². The lowest BCUT2D eigenvalue weighted by atomic mass is 10.2. The first kappa shape index (κ1) is 15.1. The van der Waals surface area contributed by atoms with Gasteiger partial charge in [-0.1, -0.05) is 20.8 Å². The van der Waals surface area contributed by atoms with Crippen LogP contribution in [0, 0.1) is 0 Å². The third-order valence-corrected chi connectivity index (χ3v) is 8.18. The molecule has 1 rings (SSSR count). The Morgan fingerprint density at radius 3 is 2.12 bits per heavy atom. The summed E-state index contributed by atoms with van der Waals surface area (Å²) >= 11 is 0. The quantitative estimate of drug-likeness (QED) is 0.785. The van der Waals surface area contributed by atoms with Gasteiger partial charge in [0.15, 0.2) is 8.32 Å². The highest BCUT2D eigenvalue weighted by Gasteiger charge is 2.38. The molecule has 0 aromatic carbocycles. The third kappa shape index (κ3) is 4.33. The van der Waals surface area contributed by atoms with Gasteiger partial charge in [-0.05, 0) is 18.1 Å². The first-order valence-electron chi connectivity index (χ1n) is 6.24. The summed E-state index contributed by atoms with van der Waals surface area (Å²) in [6.45, 7) is 12.7. The summed E-state index contributed by atoms with van der Waals surface area (Å²) in [5, 5.41) is 9.13. The second-order valence-corrected chi connectivity index (χ2v) is 11.0. The van der Waals surface area contributed by atoms with Crippen LogP contribution in [-0.4, -0.2) is 52.1 Å². The molecule has 0 aromatic rings. The van der Waals surface area contributed by atoms with Gasteiger partial charge < -0.3 is 19.0 Å². The fourth-order valence-electron chi connectivity index (χ4n) is 1.30. The molecule has 1 fully saturated rings. The number of aliphatic hydroxyl groups is 1. The van der Waals surface area contributed by atoms with Gasteiger partial charge >= 0.3 is 0 Å². The van der Waals surface area contributed by atoms with Gasteiger partial charge in [-0.25, -0.2) is 0 Å². The van der Waals surface area contributed by atoms with E-state index in [-0.39, 0.29) is 23.9 Å². The minimum absolute atomic E-state index is 0.00641. The van der Waals surface area contributed by atoms with E-state index < -0.39 is 8.32 Å². The van der Waals surface area contributed by atoms with E-state index in [1.165, 1.54) is 0 Å². The molecule has 1 aliphatic rings. The van der Waals surface area contributed by atoms with Crippen LogP contribution in [-0.2, 0) is 13.9 Å². The fourth-order valence-corrected chi connectivity index (χ4v) is 2.34. The Bertz CT molecular complexity index is 229. The molecule has 0 radical (unpaired) electrons. The summed E-state index contributed by atoms with van der Waals surface area (Å²) < 4.78 is 17.1. The number of aliphatic hydroxyl groups excluding tert-OH is 1. The van der Waals surface area contributed by atoms with E-state index in [4.69, 9.17) is 19.0 Å². The van der Waals surface area contributed by atoms with Gasteiger partial charge in [-0.2, -0.15) is 0 Å². The maximum Gasteiger partial charge on any atom is 0.192 e. The molecule has 2 atom stereocenters. The highest BCUT2D eigenvalue weighted by Crippen LogP contribution is 2.36. The second kappa shape index (κ2) is 5.80. The summed E-state index contributed by atoms with van der Waals surface area (Å²) in [5.74, 6) is 0. The molecular formula is C12H26O4Si. The molecule has 0 aliphatic carbocycles. The van der Waals surface area contributed by atoms with Crippen LogP contribution in [0.2, 0.25) is 18.1 Å². The molecule has 1 aliphatic heterocycles. The van der Waals surface area contributed by atoms with Crippen LogP contribution < -0.4 is 0 Å². The van der Waals surface area contributed by atoms with Crippen molar-refractivity contribution in [2.75, 3.05) is 26.4 Å². The van der Waals surface area contributed by atoms with Crippen LogP contribution in [0.1, 0.15) is 20.8 Å². The van der Waals surface area contributed by atoms with Crippen LogP contribution in [0.3, 0.4) is 0 Å². The molecule has 1 heterocycles. The van der Waals surface area contributed by atoms with E-state index in [0.29, 0.717) is 19.8 Å². The van der Waals surface area contributed by atoms with Crippen molar-refractivity contribution in [3.8, 4) is 0 Å². The van der Waals surface area contributed by atoms with Crippen molar-refractivity contribution in [1.29, 1.82) is 0 Å². The Morgan fingerprint density at radius 2 is 1.71 bits per heavy atom. The molecule has 0 bridgehead atoms. The van der Waals surface area contributed by atoms with Gasteiger partial charge in [0, 0.05) is 0 Å². The van der Waals surface area contributed by atoms with E-state index in [0.717, 1.165) is 0 Å². The zero-order chi connectivity index (χ0) is 13.1. The number of hydrogen-bond donors (Lipinski definition) is 1. The van der Waals surface area contributed by atoms with Crippen LogP contribution in [0.4, 0.5) is 0 Å². The number of rotatable bonds is 4. The summed E-state index contributed by atoms with van der Waals surface area (Å²) in [4.78, 5) is 0. The molecule has 102 valence electrons. The average molecular weight is 262 g/mol. The minimum Gasteiger partial charge on any atom is -0.414 e. The molecule has 4 nitrogen and oxygen atoms in total. The minimum atomic E-state index is -1.70. The van der Waals surface area contributed by atoms with E-state index >= 15 is 0 Å². The molecule has 0 amide bonds. The van der Waals surface area contributed by atoms with Crippen molar-refractivity contribution in [2.45, 2.75) is 51.1 Å². The topological polar surface area (TPSA) is 47.9 Å². The Balaban J connectivity index is 2.33. The van der Waals surface area contributed by atoms with E-state index in [1.54, 1.807) is 0 Å². The molecule has 5 heteroatoms. The van der Waals surface area contributed by atoms with Crippen LogP contribution in [0.25, 0.3) is 0 Å². The van der Waals surface area contributed by atoms with Crippen LogP contribution in [0.15, 0.2) is 0 Å². The zero-order valence-corrected chi connectivity index (χ0v) is 12.7. The van der Waals surface area contributed by atoms with Crippen LogP contribution in [0.5, 0.6) is 0 Å². The van der Waals surface area contributed by atoms with Gasteiger partial charge in [0.1, 0.15) is 12.2 Å². The molecule has 2 unspecified atom stereocenters. The highest BCUT2D eigenvalue weighted by atomic mass is 28.4. The molecular weight excluding hydrogens is 236 g/mol. The Kier molecular flexibility index (Phi) is 5.16. The molecule has 0 spiro atoms. The molecule has 0 aromatic heterocycles. The average Bonchev–Trinajstić information content (AvgIpc) is 2.25. The smallest absolute Gasteiger partial charge is 0.192 e. The zero-order valence-electron chi connectivity index (χ0n) is 11.7. The second-order valence-electron chi connectivity index (χ2n) is 6.16. The molecule has 1 N–H and O–H groups in total. The predicted molar refractivity (Wildman–Crippen MR) is 69.7 cm³/mol. The maximum absolute atomic E-state index is 8.91.